The summed E-state index contributed by atoms with van der Waals surface area (Å²) >= 11 is 0. The molecule has 2 amide bonds. The zero-order chi connectivity index (χ0) is 20.0. The molecule has 27 heavy (non-hydrogen) atoms. The molecule has 1 N–H and O–H groups in total. The van der Waals surface area contributed by atoms with Gasteiger partial charge in [0.05, 0.1) is 20.8 Å². The second kappa shape index (κ2) is 9.16. The molecule has 1 atom stereocenters. The molecule has 0 saturated carbocycles. The van der Waals surface area contributed by atoms with Crippen LogP contribution in [0.2, 0.25) is 0 Å². The Kier molecular flexibility index (Phi) is 6.92. The van der Waals surface area contributed by atoms with E-state index in [1.165, 1.54) is 38.3 Å². The Labute approximate surface area is 155 Å². The molecule has 146 valence electrons. The van der Waals surface area contributed by atoms with Crippen LogP contribution in [0.4, 0.5) is 18.0 Å². The first-order valence-corrected chi connectivity index (χ1v) is 8.12. The zero-order valence-corrected chi connectivity index (χ0v) is 15.2. The molecule has 0 aliphatic heterocycles. The van der Waals surface area contributed by atoms with Crippen LogP contribution in [-0.4, -0.2) is 38.6 Å². The Hall–Kier alpha value is -2.90. The van der Waals surface area contributed by atoms with Crippen LogP contribution in [0, 0.1) is 5.82 Å². The van der Waals surface area contributed by atoms with Crippen LogP contribution in [0.5, 0.6) is 11.5 Å². The van der Waals surface area contributed by atoms with Crippen LogP contribution in [0.1, 0.15) is 17.2 Å². The smallest absolute Gasteiger partial charge is 0.318 e. The lowest BCUT2D eigenvalue weighted by molar-refractivity contribution is 0.0970. The Bertz CT molecular complexity index is 787. The van der Waals surface area contributed by atoms with E-state index in [9.17, 15) is 18.0 Å². The van der Waals surface area contributed by atoms with Crippen LogP contribution in [0.3, 0.4) is 0 Å². The number of benzene rings is 2. The number of rotatable bonds is 7. The molecular formula is C19H21F3N2O3. The van der Waals surface area contributed by atoms with Gasteiger partial charge in [0, 0.05) is 12.6 Å². The van der Waals surface area contributed by atoms with Crippen molar-refractivity contribution in [3.05, 3.63) is 59.4 Å². The number of ether oxygens (including phenoxy) is 2. The molecule has 2 aromatic carbocycles. The average molecular weight is 382 g/mol. The summed E-state index contributed by atoms with van der Waals surface area (Å²) in [7, 11) is 4.25. The van der Waals surface area contributed by atoms with Crippen molar-refractivity contribution in [3.63, 3.8) is 0 Å². The fraction of sp³-hybridized carbons (Fsp3) is 0.316. The molecule has 0 aromatic heterocycles. The summed E-state index contributed by atoms with van der Waals surface area (Å²) < 4.78 is 50.8. The Balaban J connectivity index is 2.13. The number of carbonyl (C=O) groups is 1. The molecule has 0 bridgehead atoms. The quantitative estimate of drug-likeness (QED) is 0.788. The highest BCUT2D eigenvalue weighted by Gasteiger charge is 2.27. The molecule has 1 unspecified atom stereocenters. The predicted octanol–water partition coefficient (Wildman–Crippen LogP) is 3.99. The van der Waals surface area contributed by atoms with Crippen molar-refractivity contribution in [1.29, 1.82) is 0 Å². The van der Waals surface area contributed by atoms with E-state index in [0.717, 1.165) is 11.6 Å². The second-order valence-corrected chi connectivity index (χ2v) is 5.82. The van der Waals surface area contributed by atoms with Gasteiger partial charge in [-0.15, -0.1) is 0 Å². The van der Waals surface area contributed by atoms with E-state index in [1.54, 1.807) is 24.3 Å². The lowest BCUT2D eigenvalue weighted by Crippen LogP contribution is -2.41. The molecule has 0 aliphatic carbocycles. The monoisotopic (exact) mass is 382 g/mol. The summed E-state index contributed by atoms with van der Waals surface area (Å²) in [6.07, 6.45) is -2.92. The minimum atomic E-state index is -2.92. The molecule has 0 heterocycles. The Morgan fingerprint density at radius 1 is 1.11 bits per heavy atom. The van der Waals surface area contributed by atoms with Gasteiger partial charge in [-0.25, -0.2) is 18.0 Å². The molecule has 0 fully saturated rings. The van der Waals surface area contributed by atoms with Crippen LogP contribution in [-0.2, 0) is 6.54 Å². The van der Waals surface area contributed by atoms with Gasteiger partial charge in [-0.05, 0) is 23.8 Å². The molecule has 5 nitrogen and oxygen atoms in total. The highest BCUT2D eigenvalue weighted by Crippen LogP contribution is 2.26. The van der Waals surface area contributed by atoms with E-state index in [0.29, 0.717) is 5.75 Å². The minimum Gasteiger partial charge on any atom is -0.496 e. The fourth-order valence-electron chi connectivity index (χ4n) is 2.57. The highest BCUT2D eigenvalue weighted by molar-refractivity contribution is 5.74. The molecule has 0 aliphatic rings. The van der Waals surface area contributed by atoms with Crippen LogP contribution < -0.4 is 14.8 Å². The van der Waals surface area contributed by atoms with Gasteiger partial charge < -0.3 is 19.7 Å². The SMILES string of the molecule is COc1ccc(C(NC(=O)N(C)Cc2ccccc2OC)C(F)F)cc1F. The number of urea groups is 1. The third-order valence-corrected chi connectivity index (χ3v) is 4.01. The average Bonchev–Trinajstić information content (AvgIpc) is 2.65. The number of carbonyl (C=O) groups excluding carboxylic acids is 1. The lowest BCUT2D eigenvalue weighted by atomic mass is 10.1. The van der Waals surface area contributed by atoms with Crippen molar-refractivity contribution >= 4 is 6.03 Å². The molecule has 0 radical (unpaired) electrons. The molecule has 0 saturated heterocycles. The summed E-state index contributed by atoms with van der Waals surface area (Å²) in [6, 6.07) is 8.16. The van der Waals surface area contributed by atoms with Crippen molar-refractivity contribution in [2.45, 2.75) is 19.0 Å². The lowest BCUT2D eigenvalue weighted by Gasteiger charge is -2.24. The number of hydrogen-bond donors (Lipinski definition) is 1. The van der Waals surface area contributed by atoms with Gasteiger partial charge in [-0.1, -0.05) is 24.3 Å². The zero-order valence-electron chi connectivity index (χ0n) is 15.2. The topological polar surface area (TPSA) is 50.8 Å². The third-order valence-electron chi connectivity index (χ3n) is 4.01. The van der Waals surface area contributed by atoms with E-state index in [-0.39, 0.29) is 17.9 Å². The van der Waals surface area contributed by atoms with Crippen molar-refractivity contribution in [2.75, 3.05) is 21.3 Å². The minimum absolute atomic E-state index is 0.0534. The number of alkyl halides is 2. The first kappa shape index (κ1) is 20.4. The van der Waals surface area contributed by atoms with Gasteiger partial charge in [-0.2, -0.15) is 0 Å². The first-order chi connectivity index (χ1) is 12.9. The largest absolute Gasteiger partial charge is 0.496 e. The first-order valence-electron chi connectivity index (χ1n) is 8.12. The third kappa shape index (κ3) is 5.06. The predicted molar refractivity (Wildman–Crippen MR) is 94.7 cm³/mol. The summed E-state index contributed by atoms with van der Waals surface area (Å²) in [5, 5.41) is 2.24. The molecule has 8 heteroatoms. The van der Waals surface area contributed by atoms with E-state index in [2.05, 4.69) is 5.32 Å². The summed E-state index contributed by atoms with van der Waals surface area (Å²) in [6.45, 7) is 0.156. The summed E-state index contributed by atoms with van der Waals surface area (Å²) in [5.41, 5.74) is 0.670. The van der Waals surface area contributed by atoms with Crippen molar-refractivity contribution in [2.24, 2.45) is 0 Å². The van der Waals surface area contributed by atoms with Crippen LogP contribution in [0.25, 0.3) is 0 Å². The number of amides is 2. The summed E-state index contributed by atoms with van der Waals surface area (Å²) in [4.78, 5) is 13.6. The standard InChI is InChI=1S/C19H21F3N2O3/c1-24(11-13-6-4-5-7-15(13)26-2)19(25)23-17(18(21)22)12-8-9-16(27-3)14(20)10-12/h4-10,17-18H,11H2,1-3H3,(H,23,25). The molecule has 2 rings (SSSR count). The van der Waals surface area contributed by atoms with Crippen LogP contribution in [0.15, 0.2) is 42.5 Å². The highest BCUT2D eigenvalue weighted by atomic mass is 19.3. The van der Waals surface area contributed by atoms with Gasteiger partial charge in [0.25, 0.3) is 6.43 Å². The summed E-state index contributed by atoms with van der Waals surface area (Å²) in [5.74, 6) is -0.261. The van der Waals surface area contributed by atoms with Crippen molar-refractivity contribution < 1.29 is 27.4 Å². The van der Waals surface area contributed by atoms with E-state index >= 15 is 0 Å². The number of methoxy groups -OCH3 is 2. The second-order valence-electron chi connectivity index (χ2n) is 5.82. The maximum atomic E-state index is 13.8. The number of nitrogens with one attached hydrogen (secondary N) is 1. The van der Waals surface area contributed by atoms with Gasteiger partial charge in [-0.3, -0.25) is 0 Å². The van der Waals surface area contributed by atoms with E-state index in [1.807, 2.05) is 0 Å². The van der Waals surface area contributed by atoms with Gasteiger partial charge in [0.2, 0.25) is 0 Å². The maximum absolute atomic E-state index is 13.8. The van der Waals surface area contributed by atoms with E-state index in [4.69, 9.17) is 9.47 Å². The Morgan fingerprint density at radius 3 is 2.37 bits per heavy atom. The van der Waals surface area contributed by atoms with Crippen molar-refractivity contribution in [3.8, 4) is 11.5 Å². The maximum Gasteiger partial charge on any atom is 0.318 e. The number of halogens is 3. The number of hydrogen-bond acceptors (Lipinski definition) is 3. The van der Waals surface area contributed by atoms with E-state index < -0.39 is 24.3 Å². The van der Waals surface area contributed by atoms with Gasteiger partial charge in [0.1, 0.15) is 11.8 Å². The Morgan fingerprint density at radius 2 is 1.78 bits per heavy atom. The number of nitrogens with zero attached hydrogens (tertiary/aromatic N) is 1. The van der Waals surface area contributed by atoms with Gasteiger partial charge >= 0.3 is 6.03 Å². The van der Waals surface area contributed by atoms with Crippen molar-refractivity contribution in [1.82, 2.24) is 10.2 Å². The molecular weight excluding hydrogens is 361 g/mol. The number of para-hydroxylation sites is 1. The molecule has 0 spiro atoms. The van der Waals surface area contributed by atoms with Crippen LogP contribution >= 0.6 is 0 Å². The molecule has 2 aromatic rings. The fourth-order valence-corrected chi connectivity index (χ4v) is 2.57. The normalized spacial score (nSPS) is 11.8. The van der Waals surface area contributed by atoms with Gasteiger partial charge in [0.15, 0.2) is 11.6 Å².